The average molecular weight is 305 g/mol. The summed E-state index contributed by atoms with van der Waals surface area (Å²) in [5, 5.41) is 0.226. The fourth-order valence-corrected chi connectivity index (χ4v) is 3.64. The van der Waals surface area contributed by atoms with Crippen LogP contribution >= 0.6 is 11.6 Å². The Labute approximate surface area is 120 Å². The number of unbranched alkanes of at least 4 members (excludes halogenated alkanes) is 1. The van der Waals surface area contributed by atoms with Crippen molar-refractivity contribution in [3.63, 3.8) is 0 Å². The van der Waals surface area contributed by atoms with Crippen LogP contribution in [0.1, 0.15) is 31.7 Å². The second-order valence-electron chi connectivity index (χ2n) is 4.63. The Bertz CT molecular complexity index is 517. The van der Waals surface area contributed by atoms with Crippen molar-refractivity contribution in [1.29, 1.82) is 0 Å². The van der Waals surface area contributed by atoms with Crippen molar-refractivity contribution in [1.82, 2.24) is 4.72 Å². The molecule has 0 bridgehead atoms. The molecule has 0 spiro atoms. The van der Waals surface area contributed by atoms with Gasteiger partial charge in [-0.1, -0.05) is 37.4 Å². The van der Waals surface area contributed by atoms with Crippen molar-refractivity contribution in [2.45, 2.75) is 44.0 Å². The zero-order chi connectivity index (χ0) is 14.5. The Balaban J connectivity index is 2.93. The first-order chi connectivity index (χ1) is 8.90. The molecule has 0 saturated heterocycles. The molecule has 1 atom stereocenters. The largest absolute Gasteiger partial charge is 0.329 e. The van der Waals surface area contributed by atoms with E-state index in [0.717, 1.165) is 24.8 Å². The van der Waals surface area contributed by atoms with Gasteiger partial charge in [0.05, 0.1) is 5.02 Å². The van der Waals surface area contributed by atoms with Gasteiger partial charge < -0.3 is 5.73 Å². The Morgan fingerprint density at radius 2 is 2.11 bits per heavy atom. The second kappa shape index (κ2) is 7.24. The number of rotatable bonds is 7. The van der Waals surface area contributed by atoms with Crippen LogP contribution in [0, 0.1) is 6.92 Å². The van der Waals surface area contributed by atoms with E-state index in [1.54, 1.807) is 18.2 Å². The molecule has 0 radical (unpaired) electrons. The molecule has 1 aromatic carbocycles. The molecule has 0 heterocycles. The van der Waals surface area contributed by atoms with Crippen LogP contribution in [0.15, 0.2) is 23.1 Å². The molecule has 0 aliphatic carbocycles. The molecule has 0 fully saturated rings. The molecule has 4 nitrogen and oxygen atoms in total. The van der Waals surface area contributed by atoms with Crippen LogP contribution in [0.25, 0.3) is 0 Å². The van der Waals surface area contributed by atoms with Gasteiger partial charge in [0.2, 0.25) is 10.0 Å². The molecule has 0 amide bonds. The fourth-order valence-electron chi connectivity index (χ4n) is 1.77. The molecule has 3 N–H and O–H groups in total. The lowest BCUT2D eigenvalue weighted by molar-refractivity contribution is 0.516. The maximum atomic E-state index is 12.3. The van der Waals surface area contributed by atoms with Gasteiger partial charge in [0.1, 0.15) is 4.90 Å². The minimum absolute atomic E-state index is 0.115. The third-order valence-electron chi connectivity index (χ3n) is 2.89. The van der Waals surface area contributed by atoms with Gasteiger partial charge in [-0.25, -0.2) is 13.1 Å². The van der Waals surface area contributed by atoms with Crippen molar-refractivity contribution >= 4 is 21.6 Å². The lowest BCUT2D eigenvalue weighted by Gasteiger charge is -2.17. The van der Waals surface area contributed by atoms with E-state index >= 15 is 0 Å². The summed E-state index contributed by atoms with van der Waals surface area (Å²) in [7, 11) is -3.62. The summed E-state index contributed by atoms with van der Waals surface area (Å²) in [6.07, 6.45) is 2.67. The molecule has 1 unspecified atom stereocenters. The van der Waals surface area contributed by atoms with E-state index < -0.39 is 10.0 Å². The normalized spacial score (nSPS) is 13.5. The Hall–Kier alpha value is -0.620. The first-order valence-corrected chi connectivity index (χ1v) is 8.25. The molecule has 1 aromatic rings. The molecule has 108 valence electrons. The first kappa shape index (κ1) is 16.4. The van der Waals surface area contributed by atoms with E-state index in [9.17, 15) is 8.42 Å². The lowest BCUT2D eigenvalue weighted by atomic mass is 10.1. The summed E-state index contributed by atoms with van der Waals surface area (Å²) in [6.45, 7) is 4.16. The third kappa shape index (κ3) is 4.76. The standard InChI is InChI=1S/C13H21ClN2O2S/c1-3-4-5-11(9-15)16-19(17,18)13-8-10(2)6-7-12(13)14/h6-8,11,16H,3-5,9,15H2,1-2H3. The predicted octanol–water partition coefficient (Wildman–Crippen LogP) is 2.44. The predicted molar refractivity (Wildman–Crippen MR) is 78.9 cm³/mol. The summed E-state index contributed by atoms with van der Waals surface area (Å²) < 4.78 is 27.2. The third-order valence-corrected chi connectivity index (χ3v) is 4.89. The molecule has 19 heavy (non-hydrogen) atoms. The van der Waals surface area contributed by atoms with Gasteiger partial charge in [0, 0.05) is 12.6 Å². The summed E-state index contributed by atoms with van der Waals surface area (Å²) in [4.78, 5) is 0.115. The number of halogens is 1. The number of nitrogens with two attached hydrogens (primary N) is 1. The van der Waals surface area contributed by atoms with Crippen LogP contribution in [0.3, 0.4) is 0 Å². The van der Waals surface area contributed by atoms with Gasteiger partial charge in [-0.3, -0.25) is 0 Å². The Morgan fingerprint density at radius 1 is 1.42 bits per heavy atom. The van der Waals surface area contributed by atoms with Gasteiger partial charge in [-0.15, -0.1) is 0 Å². The zero-order valence-corrected chi connectivity index (χ0v) is 12.9. The number of nitrogens with one attached hydrogen (secondary N) is 1. The maximum Gasteiger partial charge on any atom is 0.242 e. The van der Waals surface area contributed by atoms with Gasteiger partial charge in [-0.05, 0) is 31.0 Å². The molecule has 0 aliphatic heterocycles. The second-order valence-corrected chi connectivity index (χ2v) is 6.72. The number of hydrogen-bond acceptors (Lipinski definition) is 3. The van der Waals surface area contributed by atoms with Crippen LogP contribution in [0.5, 0.6) is 0 Å². The number of sulfonamides is 1. The summed E-state index contributed by atoms with van der Waals surface area (Å²) in [6, 6.07) is 4.69. The van der Waals surface area contributed by atoms with Crippen molar-refractivity contribution < 1.29 is 8.42 Å². The Kier molecular flexibility index (Phi) is 6.26. The highest BCUT2D eigenvalue weighted by Gasteiger charge is 2.21. The minimum Gasteiger partial charge on any atom is -0.329 e. The maximum absolute atomic E-state index is 12.3. The smallest absolute Gasteiger partial charge is 0.242 e. The zero-order valence-electron chi connectivity index (χ0n) is 11.3. The van der Waals surface area contributed by atoms with Crippen LogP contribution in [0.4, 0.5) is 0 Å². The molecule has 6 heteroatoms. The molecule has 0 aliphatic rings. The highest BCUT2D eigenvalue weighted by molar-refractivity contribution is 7.89. The molecule has 0 aromatic heterocycles. The van der Waals surface area contributed by atoms with Crippen LogP contribution in [0.2, 0.25) is 5.02 Å². The van der Waals surface area contributed by atoms with Gasteiger partial charge >= 0.3 is 0 Å². The topological polar surface area (TPSA) is 72.2 Å². The van der Waals surface area contributed by atoms with Crippen molar-refractivity contribution in [3.05, 3.63) is 28.8 Å². The van der Waals surface area contributed by atoms with Crippen molar-refractivity contribution in [3.8, 4) is 0 Å². The Morgan fingerprint density at radius 3 is 2.68 bits per heavy atom. The van der Waals surface area contributed by atoms with Gasteiger partial charge in [0.15, 0.2) is 0 Å². The van der Waals surface area contributed by atoms with Gasteiger partial charge in [0.25, 0.3) is 0 Å². The number of benzene rings is 1. The number of hydrogen-bond donors (Lipinski definition) is 2. The summed E-state index contributed by atoms with van der Waals surface area (Å²) >= 11 is 5.96. The van der Waals surface area contributed by atoms with E-state index in [4.69, 9.17) is 17.3 Å². The van der Waals surface area contributed by atoms with Crippen LogP contribution < -0.4 is 10.5 Å². The summed E-state index contributed by atoms with van der Waals surface area (Å²) in [5.41, 5.74) is 6.46. The first-order valence-electron chi connectivity index (χ1n) is 6.39. The minimum atomic E-state index is -3.62. The van der Waals surface area contributed by atoms with E-state index in [1.807, 2.05) is 6.92 Å². The average Bonchev–Trinajstić information content (AvgIpc) is 2.37. The lowest BCUT2D eigenvalue weighted by Crippen LogP contribution is -2.40. The monoisotopic (exact) mass is 304 g/mol. The van der Waals surface area contributed by atoms with Crippen LogP contribution in [-0.4, -0.2) is 21.0 Å². The highest BCUT2D eigenvalue weighted by atomic mass is 35.5. The quantitative estimate of drug-likeness (QED) is 0.812. The van der Waals surface area contributed by atoms with Gasteiger partial charge in [-0.2, -0.15) is 0 Å². The molecular formula is C13H21ClN2O2S. The van der Waals surface area contributed by atoms with Crippen molar-refractivity contribution in [2.75, 3.05) is 6.54 Å². The number of aryl methyl sites for hydroxylation is 1. The molecule has 1 rings (SSSR count). The van der Waals surface area contributed by atoms with E-state index in [0.29, 0.717) is 0 Å². The van der Waals surface area contributed by atoms with Crippen LogP contribution in [-0.2, 0) is 10.0 Å². The summed E-state index contributed by atoms with van der Waals surface area (Å²) in [5.74, 6) is 0. The molecule has 0 saturated carbocycles. The van der Waals surface area contributed by atoms with E-state index in [-0.39, 0.29) is 22.5 Å². The highest BCUT2D eigenvalue weighted by Crippen LogP contribution is 2.22. The van der Waals surface area contributed by atoms with Crippen molar-refractivity contribution in [2.24, 2.45) is 5.73 Å². The fraction of sp³-hybridized carbons (Fsp3) is 0.538. The van der Waals surface area contributed by atoms with E-state index in [2.05, 4.69) is 11.6 Å². The van der Waals surface area contributed by atoms with E-state index in [1.165, 1.54) is 0 Å². The molecular weight excluding hydrogens is 284 g/mol. The SMILES string of the molecule is CCCCC(CN)NS(=O)(=O)c1cc(C)ccc1Cl.